The van der Waals surface area contributed by atoms with Crippen molar-refractivity contribution in [3.63, 3.8) is 0 Å². The number of rotatable bonds is 4. The number of sulfonamides is 1. The second-order valence-electron chi connectivity index (χ2n) is 6.36. The Labute approximate surface area is 152 Å². The lowest BCUT2D eigenvalue weighted by Gasteiger charge is -2.24. The maximum atomic E-state index is 13.1. The van der Waals surface area contributed by atoms with Gasteiger partial charge in [0.2, 0.25) is 0 Å². The van der Waals surface area contributed by atoms with E-state index in [1.807, 2.05) is 6.92 Å². The molecule has 0 fully saturated rings. The van der Waals surface area contributed by atoms with Crippen molar-refractivity contribution < 1.29 is 23.1 Å². The van der Waals surface area contributed by atoms with Gasteiger partial charge < -0.3 is 5.11 Å². The van der Waals surface area contributed by atoms with Gasteiger partial charge in [-0.2, -0.15) is 0 Å². The molecule has 26 heavy (non-hydrogen) atoms. The molecule has 0 saturated carbocycles. The fourth-order valence-corrected chi connectivity index (χ4v) is 4.64. The van der Waals surface area contributed by atoms with E-state index in [0.29, 0.717) is 5.69 Å². The molecule has 2 aromatic carbocycles. The van der Waals surface area contributed by atoms with Gasteiger partial charge in [0.05, 0.1) is 17.0 Å². The van der Waals surface area contributed by atoms with E-state index in [2.05, 4.69) is 0 Å². The van der Waals surface area contributed by atoms with Crippen LogP contribution < -0.4 is 4.31 Å². The molecule has 1 heterocycles. The van der Waals surface area contributed by atoms with E-state index in [-0.39, 0.29) is 35.6 Å². The second-order valence-corrected chi connectivity index (χ2v) is 8.22. The van der Waals surface area contributed by atoms with Crippen molar-refractivity contribution in [2.45, 2.75) is 24.7 Å². The number of carbonyl (C=O) groups is 2. The third-order valence-corrected chi connectivity index (χ3v) is 6.35. The summed E-state index contributed by atoms with van der Waals surface area (Å²) in [4.78, 5) is 24.0. The van der Waals surface area contributed by atoms with Crippen LogP contribution >= 0.6 is 0 Å². The van der Waals surface area contributed by atoms with Crippen LogP contribution in [0.5, 0.6) is 0 Å². The number of para-hydroxylation sites is 1. The zero-order valence-electron chi connectivity index (χ0n) is 14.3. The van der Waals surface area contributed by atoms with Crippen LogP contribution in [0.1, 0.15) is 28.8 Å². The van der Waals surface area contributed by atoms with Crippen molar-refractivity contribution >= 4 is 27.5 Å². The summed E-state index contributed by atoms with van der Waals surface area (Å²) in [5.41, 5.74) is 1.48. The Morgan fingerprint density at radius 2 is 1.81 bits per heavy atom. The highest BCUT2D eigenvalue weighted by Crippen LogP contribution is 2.34. The summed E-state index contributed by atoms with van der Waals surface area (Å²) in [5.74, 6) is -2.15. The monoisotopic (exact) mass is 373 g/mol. The molecular weight excluding hydrogens is 354 g/mol. The Morgan fingerprint density at radius 3 is 2.46 bits per heavy atom. The summed E-state index contributed by atoms with van der Waals surface area (Å²) in [5, 5.41) is 9.07. The van der Waals surface area contributed by atoms with E-state index >= 15 is 0 Å². The molecule has 7 heteroatoms. The van der Waals surface area contributed by atoms with E-state index in [1.165, 1.54) is 16.4 Å². The van der Waals surface area contributed by atoms with E-state index < -0.39 is 21.9 Å². The number of benzene rings is 2. The molecule has 0 amide bonds. The van der Waals surface area contributed by atoms with Gasteiger partial charge in [0.25, 0.3) is 10.0 Å². The molecule has 0 saturated heterocycles. The minimum atomic E-state index is -3.86. The number of Topliss-reactive ketones (excluding diaryl/α,β-unsaturated/α-hetero) is 1. The number of aryl methyl sites for hydroxylation is 1. The normalized spacial score (nSPS) is 17.5. The Morgan fingerprint density at radius 1 is 1.15 bits per heavy atom. The Kier molecular flexibility index (Phi) is 4.82. The van der Waals surface area contributed by atoms with E-state index in [4.69, 9.17) is 5.11 Å². The molecule has 0 bridgehead atoms. The summed E-state index contributed by atoms with van der Waals surface area (Å²) >= 11 is 0. The van der Waals surface area contributed by atoms with Crippen LogP contribution in [0.4, 0.5) is 5.69 Å². The maximum absolute atomic E-state index is 13.1. The number of hydrogen-bond donors (Lipinski definition) is 1. The largest absolute Gasteiger partial charge is 0.481 e. The molecule has 0 radical (unpaired) electrons. The molecule has 3 rings (SSSR count). The fourth-order valence-electron chi connectivity index (χ4n) is 3.14. The first-order valence-electron chi connectivity index (χ1n) is 8.25. The number of aliphatic carboxylic acids is 1. The number of ketones is 1. The SMILES string of the molecule is Cc1ccc(S(=O)(=O)N2CCC(CC(=O)O)C(=O)c3ccccc32)cc1. The van der Waals surface area contributed by atoms with Crippen molar-refractivity contribution in [2.24, 2.45) is 5.92 Å². The molecule has 1 aliphatic rings. The zero-order chi connectivity index (χ0) is 18.9. The first-order valence-corrected chi connectivity index (χ1v) is 9.69. The summed E-state index contributed by atoms with van der Waals surface area (Å²) in [6.45, 7) is 1.92. The quantitative estimate of drug-likeness (QED) is 0.890. The van der Waals surface area contributed by atoms with Gasteiger partial charge in [0, 0.05) is 18.0 Å². The van der Waals surface area contributed by atoms with Crippen LogP contribution in [0.3, 0.4) is 0 Å². The van der Waals surface area contributed by atoms with Gasteiger partial charge in [-0.15, -0.1) is 0 Å². The van der Waals surface area contributed by atoms with Crippen molar-refractivity contribution in [1.82, 2.24) is 0 Å². The number of anilines is 1. The van der Waals surface area contributed by atoms with Gasteiger partial charge in [-0.1, -0.05) is 29.8 Å². The number of carboxylic acid groups (broad SMARTS) is 1. The number of fused-ring (bicyclic) bond motifs is 1. The minimum absolute atomic E-state index is 0.0525. The molecule has 1 unspecified atom stereocenters. The van der Waals surface area contributed by atoms with Crippen LogP contribution in [0.2, 0.25) is 0 Å². The van der Waals surface area contributed by atoms with Crippen LogP contribution in [-0.4, -0.2) is 31.8 Å². The highest BCUT2D eigenvalue weighted by molar-refractivity contribution is 7.92. The molecule has 0 spiro atoms. The van der Waals surface area contributed by atoms with Gasteiger partial charge in [-0.3, -0.25) is 13.9 Å². The number of carbonyl (C=O) groups excluding carboxylic acids is 1. The predicted molar refractivity (Wildman–Crippen MR) is 96.8 cm³/mol. The number of carboxylic acids is 1. The highest BCUT2D eigenvalue weighted by atomic mass is 32.2. The molecule has 1 atom stereocenters. The van der Waals surface area contributed by atoms with Gasteiger partial charge in [-0.05, 0) is 37.6 Å². The lowest BCUT2D eigenvalue weighted by Crippen LogP contribution is -2.32. The lowest BCUT2D eigenvalue weighted by atomic mass is 9.92. The predicted octanol–water partition coefficient (Wildman–Crippen LogP) is 2.87. The summed E-state index contributed by atoms with van der Waals surface area (Å²) in [6.07, 6.45) is -0.156. The van der Waals surface area contributed by atoms with Crippen LogP contribution in [0.15, 0.2) is 53.4 Å². The molecular formula is C19H19NO5S. The molecule has 1 aliphatic heterocycles. The van der Waals surface area contributed by atoms with Gasteiger partial charge in [-0.25, -0.2) is 8.42 Å². The lowest BCUT2D eigenvalue weighted by molar-refractivity contribution is -0.137. The second kappa shape index (κ2) is 6.92. The average Bonchev–Trinajstić information content (AvgIpc) is 2.73. The Hall–Kier alpha value is -2.67. The summed E-state index contributed by atoms with van der Waals surface area (Å²) < 4.78 is 27.5. The van der Waals surface area contributed by atoms with Crippen molar-refractivity contribution in [3.8, 4) is 0 Å². The fraction of sp³-hybridized carbons (Fsp3) is 0.263. The van der Waals surface area contributed by atoms with Gasteiger partial charge in [0.15, 0.2) is 5.78 Å². The smallest absolute Gasteiger partial charge is 0.304 e. The molecule has 0 aliphatic carbocycles. The van der Waals surface area contributed by atoms with Crippen molar-refractivity contribution in [2.75, 3.05) is 10.8 Å². The van der Waals surface area contributed by atoms with E-state index in [0.717, 1.165) is 5.56 Å². The molecule has 1 N–H and O–H groups in total. The van der Waals surface area contributed by atoms with Crippen molar-refractivity contribution in [3.05, 3.63) is 59.7 Å². The Balaban J connectivity index is 2.08. The Bertz CT molecular complexity index is 950. The van der Waals surface area contributed by atoms with Crippen LogP contribution in [0, 0.1) is 12.8 Å². The highest BCUT2D eigenvalue weighted by Gasteiger charge is 2.35. The molecule has 0 aromatic heterocycles. The maximum Gasteiger partial charge on any atom is 0.304 e. The summed E-state index contributed by atoms with van der Waals surface area (Å²) in [7, 11) is -3.86. The standard InChI is InChI=1S/C19H19NO5S/c1-13-6-8-15(9-7-13)26(24,25)20-11-10-14(12-18(21)22)19(23)16-4-2-3-5-17(16)20/h2-9,14H,10-12H2,1H3,(H,21,22). The first-order chi connectivity index (χ1) is 12.3. The zero-order valence-corrected chi connectivity index (χ0v) is 15.1. The number of hydrogen-bond acceptors (Lipinski definition) is 4. The van der Waals surface area contributed by atoms with Gasteiger partial charge in [0.1, 0.15) is 0 Å². The molecule has 6 nitrogen and oxygen atoms in total. The topological polar surface area (TPSA) is 91.8 Å². The van der Waals surface area contributed by atoms with E-state index in [1.54, 1.807) is 36.4 Å². The van der Waals surface area contributed by atoms with Crippen LogP contribution in [0.25, 0.3) is 0 Å². The van der Waals surface area contributed by atoms with Gasteiger partial charge >= 0.3 is 5.97 Å². The molecule has 2 aromatic rings. The van der Waals surface area contributed by atoms with E-state index in [9.17, 15) is 18.0 Å². The van der Waals surface area contributed by atoms with Crippen LogP contribution in [-0.2, 0) is 14.8 Å². The number of nitrogens with zero attached hydrogens (tertiary/aromatic N) is 1. The molecule has 136 valence electrons. The third kappa shape index (κ3) is 3.35. The third-order valence-electron chi connectivity index (χ3n) is 4.52. The first kappa shape index (κ1) is 18.1. The minimum Gasteiger partial charge on any atom is -0.481 e. The summed E-state index contributed by atoms with van der Waals surface area (Å²) in [6, 6.07) is 13.0. The average molecular weight is 373 g/mol. The van der Waals surface area contributed by atoms with Crippen molar-refractivity contribution in [1.29, 1.82) is 0 Å².